The Bertz CT molecular complexity index is 644. The smallest absolute Gasteiger partial charge is 0.339 e. The predicted molar refractivity (Wildman–Crippen MR) is 74.9 cm³/mol. The van der Waals surface area contributed by atoms with Gasteiger partial charge in [0, 0.05) is 6.04 Å². The van der Waals surface area contributed by atoms with Gasteiger partial charge < -0.3 is 4.74 Å². The van der Waals surface area contributed by atoms with E-state index in [4.69, 9.17) is 0 Å². The minimum atomic E-state index is -3.98. The van der Waals surface area contributed by atoms with Crippen molar-refractivity contribution in [2.45, 2.75) is 37.1 Å². The van der Waals surface area contributed by atoms with Crippen LogP contribution in [0.25, 0.3) is 0 Å². The molecule has 2 atom stereocenters. The van der Waals surface area contributed by atoms with Crippen LogP contribution in [0.5, 0.6) is 0 Å². The second-order valence-corrected chi connectivity index (χ2v) is 6.95. The Labute approximate surface area is 123 Å². The third-order valence-electron chi connectivity index (χ3n) is 3.81. The first-order chi connectivity index (χ1) is 9.85. The largest absolute Gasteiger partial charge is 0.465 e. The molecule has 1 fully saturated rings. The van der Waals surface area contributed by atoms with E-state index < -0.39 is 21.8 Å². The number of halogens is 1. The van der Waals surface area contributed by atoms with Crippen molar-refractivity contribution in [2.75, 3.05) is 7.11 Å². The van der Waals surface area contributed by atoms with Gasteiger partial charge in [0.05, 0.1) is 17.6 Å². The number of rotatable bonds is 4. The molecule has 0 amide bonds. The van der Waals surface area contributed by atoms with Crippen LogP contribution >= 0.6 is 0 Å². The van der Waals surface area contributed by atoms with Crippen molar-refractivity contribution in [1.82, 2.24) is 4.72 Å². The summed E-state index contributed by atoms with van der Waals surface area (Å²) in [6, 6.07) is 2.80. The van der Waals surface area contributed by atoms with Crippen LogP contribution in [-0.4, -0.2) is 27.5 Å². The molecule has 7 heteroatoms. The second-order valence-electron chi connectivity index (χ2n) is 5.27. The summed E-state index contributed by atoms with van der Waals surface area (Å²) in [6.45, 7) is 1.97. The van der Waals surface area contributed by atoms with Crippen LogP contribution in [0.4, 0.5) is 4.39 Å². The second kappa shape index (κ2) is 6.11. The Kier molecular flexibility index (Phi) is 4.63. The highest BCUT2D eigenvalue weighted by molar-refractivity contribution is 7.89. The lowest BCUT2D eigenvalue weighted by molar-refractivity contribution is 0.0596. The summed E-state index contributed by atoms with van der Waals surface area (Å²) in [5, 5.41) is 0. The maximum absolute atomic E-state index is 13.4. The van der Waals surface area contributed by atoms with Crippen molar-refractivity contribution in [3.63, 3.8) is 0 Å². The number of methoxy groups -OCH3 is 1. The summed E-state index contributed by atoms with van der Waals surface area (Å²) in [5.74, 6) is -1.31. The van der Waals surface area contributed by atoms with Gasteiger partial charge in [-0.05, 0) is 37.0 Å². The Morgan fingerprint density at radius 1 is 1.38 bits per heavy atom. The highest BCUT2D eigenvalue weighted by Gasteiger charge is 2.31. The van der Waals surface area contributed by atoms with Gasteiger partial charge in [0.2, 0.25) is 10.0 Å². The van der Waals surface area contributed by atoms with Gasteiger partial charge in [-0.1, -0.05) is 13.3 Å². The third-order valence-corrected chi connectivity index (χ3v) is 5.34. The summed E-state index contributed by atoms with van der Waals surface area (Å²) in [5.41, 5.74) is -0.169. The molecule has 1 aliphatic carbocycles. The Morgan fingerprint density at radius 3 is 2.67 bits per heavy atom. The van der Waals surface area contributed by atoms with Gasteiger partial charge in [-0.2, -0.15) is 0 Å². The monoisotopic (exact) mass is 315 g/mol. The zero-order valence-corrected chi connectivity index (χ0v) is 12.7. The zero-order chi connectivity index (χ0) is 15.6. The van der Waals surface area contributed by atoms with Gasteiger partial charge in [0.25, 0.3) is 0 Å². The zero-order valence-electron chi connectivity index (χ0n) is 11.9. The molecule has 0 bridgehead atoms. The predicted octanol–water partition coefficient (Wildman–Crippen LogP) is 2.08. The van der Waals surface area contributed by atoms with Crippen molar-refractivity contribution < 1.29 is 22.3 Å². The normalized spacial score (nSPS) is 22.2. The van der Waals surface area contributed by atoms with Crippen LogP contribution in [-0.2, 0) is 14.8 Å². The minimum absolute atomic E-state index is 0.169. The van der Waals surface area contributed by atoms with E-state index >= 15 is 0 Å². The standard InChI is InChI=1S/C14H18FNO4S/c1-9-4-3-5-12(9)16-21(18,19)13-8-10(15)6-7-11(13)14(17)20-2/h6-9,12,16H,3-5H2,1-2H3. The van der Waals surface area contributed by atoms with Crippen LogP contribution in [0, 0.1) is 11.7 Å². The van der Waals surface area contributed by atoms with E-state index in [1.165, 1.54) is 0 Å². The summed E-state index contributed by atoms with van der Waals surface area (Å²) >= 11 is 0. The SMILES string of the molecule is COC(=O)c1ccc(F)cc1S(=O)(=O)NC1CCCC1C. The maximum Gasteiger partial charge on any atom is 0.339 e. The molecule has 0 aromatic heterocycles. The van der Waals surface area contributed by atoms with E-state index in [0.717, 1.165) is 44.6 Å². The summed E-state index contributed by atoms with van der Waals surface area (Å²) in [4.78, 5) is 11.3. The first kappa shape index (κ1) is 15.9. The summed E-state index contributed by atoms with van der Waals surface area (Å²) < 4.78 is 45.4. The maximum atomic E-state index is 13.4. The molecule has 116 valence electrons. The van der Waals surface area contributed by atoms with Crippen LogP contribution in [0.15, 0.2) is 23.1 Å². The first-order valence-corrected chi connectivity index (χ1v) is 8.23. The number of hydrogen-bond acceptors (Lipinski definition) is 4. The molecule has 0 aliphatic heterocycles. The van der Waals surface area contributed by atoms with Gasteiger partial charge in [0.15, 0.2) is 0 Å². The highest BCUT2D eigenvalue weighted by atomic mass is 32.2. The number of carbonyl (C=O) groups is 1. The summed E-state index contributed by atoms with van der Waals surface area (Å²) in [6.07, 6.45) is 2.63. The molecule has 0 spiro atoms. The lowest BCUT2D eigenvalue weighted by Gasteiger charge is -2.18. The first-order valence-electron chi connectivity index (χ1n) is 6.75. The number of hydrogen-bond donors (Lipinski definition) is 1. The third kappa shape index (κ3) is 3.41. The number of carbonyl (C=O) groups excluding carboxylic acids is 1. The fourth-order valence-corrected chi connectivity index (χ4v) is 4.16. The van der Waals surface area contributed by atoms with Crippen molar-refractivity contribution in [3.05, 3.63) is 29.6 Å². The van der Waals surface area contributed by atoms with E-state index in [0.29, 0.717) is 0 Å². The molecule has 0 saturated heterocycles. The highest BCUT2D eigenvalue weighted by Crippen LogP contribution is 2.27. The number of ether oxygens (including phenoxy) is 1. The van der Waals surface area contributed by atoms with E-state index in [2.05, 4.69) is 9.46 Å². The van der Waals surface area contributed by atoms with Crippen molar-refractivity contribution >= 4 is 16.0 Å². The molecule has 0 radical (unpaired) electrons. The molecule has 1 aromatic carbocycles. The number of nitrogens with one attached hydrogen (secondary N) is 1. The molecule has 0 heterocycles. The molecule has 2 unspecified atom stereocenters. The van der Waals surface area contributed by atoms with Gasteiger partial charge in [0.1, 0.15) is 5.82 Å². The molecule has 1 saturated carbocycles. The van der Waals surface area contributed by atoms with Crippen LogP contribution in [0.3, 0.4) is 0 Å². The van der Waals surface area contributed by atoms with Gasteiger partial charge in [-0.15, -0.1) is 0 Å². The van der Waals surface area contributed by atoms with Crippen LogP contribution in [0.1, 0.15) is 36.5 Å². The molecule has 21 heavy (non-hydrogen) atoms. The molecule has 1 N–H and O–H groups in total. The molecule has 1 aliphatic rings. The van der Waals surface area contributed by atoms with Crippen molar-refractivity contribution in [3.8, 4) is 0 Å². The summed E-state index contributed by atoms with van der Waals surface area (Å²) in [7, 11) is -2.83. The molecule has 1 aromatic rings. The quantitative estimate of drug-likeness (QED) is 0.864. The van der Waals surface area contributed by atoms with Crippen LogP contribution < -0.4 is 4.72 Å². The van der Waals surface area contributed by atoms with Gasteiger partial charge in [-0.25, -0.2) is 22.3 Å². The van der Waals surface area contributed by atoms with Gasteiger partial charge >= 0.3 is 5.97 Å². The van der Waals surface area contributed by atoms with Gasteiger partial charge in [-0.3, -0.25) is 0 Å². The average Bonchev–Trinajstić information content (AvgIpc) is 2.82. The minimum Gasteiger partial charge on any atom is -0.465 e. The number of sulfonamides is 1. The molecule has 5 nitrogen and oxygen atoms in total. The fourth-order valence-electron chi connectivity index (χ4n) is 2.58. The molecular weight excluding hydrogens is 297 g/mol. The fraction of sp³-hybridized carbons (Fsp3) is 0.500. The van der Waals surface area contributed by atoms with Crippen molar-refractivity contribution in [2.24, 2.45) is 5.92 Å². The number of benzene rings is 1. The average molecular weight is 315 g/mol. The van der Waals surface area contributed by atoms with E-state index in [-0.39, 0.29) is 22.4 Å². The Balaban J connectivity index is 2.39. The van der Waals surface area contributed by atoms with Crippen LogP contribution in [0.2, 0.25) is 0 Å². The van der Waals surface area contributed by atoms with E-state index in [1.807, 2.05) is 6.92 Å². The lowest BCUT2D eigenvalue weighted by Crippen LogP contribution is -2.37. The van der Waals surface area contributed by atoms with Crippen molar-refractivity contribution in [1.29, 1.82) is 0 Å². The lowest BCUT2D eigenvalue weighted by atomic mass is 10.1. The van der Waals surface area contributed by atoms with E-state index in [9.17, 15) is 17.6 Å². The Morgan fingerprint density at radius 2 is 2.10 bits per heavy atom. The van der Waals surface area contributed by atoms with E-state index in [1.54, 1.807) is 0 Å². The molecular formula is C14H18FNO4S. The number of esters is 1. The molecule has 2 rings (SSSR count). The Hall–Kier alpha value is -1.47. The topological polar surface area (TPSA) is 72.5 Å².